The Morgan fingerprint density at radius 1 is 1.21 bits per heavy atom. The van der Waals surface area contributed by atoms with E-state index < -0.39 is 11.9 Å². The van der Waals surface area contributed by atoms with E-state index in [9.17, 15) is 14.9 Å². The molecular weight excluding hydrogens is 518 g/mol. The maximum atomic E-state index is 14.0. The molecule has 1 aliphatic carbocycles. The molecule has 1 aliphatic heterocycles. The van der Waals surface area contributed by atoms with Crippen LogP contribution in [-0.4, -0.2) is 57.5 Å². The third kappa shape index (κ3) is 4.34. The van der Waals surface area contributed by atoms with E-state index in [1.54, 1.807) is 46.1 Å². The van der Waals surface area contributed by atoms with E-state index in [1.807, 2.05) is 27.9 Å². The maximum absolute atomic E-state index is 14.0. The van der Waals surface area contributed by atoms with Crippen LogP contribution >= 0.6 is 11.6 Å². The molecule has 0 N–H and O–H groups in total. The van der Waals surface area contributed by atoms with Crippen LogP contribution in [0.25, 0.3) is 5.69 Å². The van der Waals surface area contributed by atoms with E-state index in [2.05, 4.69) is 16.0 Å². The third-order valence-electron chi connectivity index (χ3n) is 6.66. The number of carbonyl (C=O) groups is 2. The van der Waals surface area contributed by atoms with Gasteiger partial charge in [0.2, 0.25) is 11.8 Å². The Labute approximate surface area is 230 Å². The van der Waals surface area contributed by atoms with Crippen molar-refractivity contribution in [3.8, 4) is 17.6 Å². The van der Waals surface area contributed by atoms with Crippen LogP contribution < -0.4 is 9.64 Å². The summed E-state index contributed by atoms with van der Waals surface area (Å²) >= 11 is 6.28. The number of allylic oxidation sites excluding steroid dienone is 4. The number of nitrogens with zero attached hydrogens (tertiary/aromatic N) is 7. The normalized spacial score (nSPS) is 16.7. The molecule has 2 aromatic heterocycles. The van der Waals surface area contributed by atoms with Crippen molar-refractivity contribution < 1.29 is 14.3 Å². The highest BCUT2D eigenvalue weighted by Gasteiger charge is 2.47. The molecule has 1 amide bonds. The van der Waals surface area contributed by atoms with E-state index in [-0.39, 0.29) is 29.5 Å². The van der Waals surface area contributed by atoms with Gasteiger partial charge in [-0.25, -0.2) is 9.67 Å². The molecule has 0 saturated heterocycles. The fourth-order valence-electron chi connectivity index (χ4n) is 4.91. The topological polar surface area (TPSA) is 117 Å². The van der Waals surface area contributed by atoms with E-state index in [4.69, 9.17) is 21.4 Å². The largest absolute Gasteiger partial charge is 0.479 e. The molecule has 10 nitrogen and oxygen atoms in total. The molecule has 0 spiro atoms. The van der Waals surface area contributed by atoms with Gasteiger partial charge in [0.05, 0.1) is 42.4 Å². The number of hydrogen-bond donors (Lipinski definition) is 0. The molecule has 5 rings (SSSR count). The highest BCUT2D eigenvalue weighted by molar-refractivity contribution is 6.32. The van der Waals surface area contributed by atoms with Crippen LogP contribution in [0.2, 0.25) is 0 Å². The fourth-order valence-corrected chi connectivity index (χ4v) is 5.09. The molecule has 0 fully saturated rings. The van der Waals surface area contributed by atoms with E-state index in [0.717, 1.165) is 11.3 Å². The number of ether oxygens (including phenoxy) is 1. The number of amides is 1. The van der Waals surface area contributed by atoms with Crippen LogP contribution in [0, 0.1) is 11.3 Å². The average Bonchev–Trinajstić information content (AvgIpc) is 3.44. The minimum Gasteiger partial charge on any atom is -0.479 e. The number of anilines is 1. The summed E-state index contributed by atoms with van der Waals surface area (Å²) < 4.78 is 7.25. The molecule has 39 heavy (non-hydrogen) atoms. The standard InChI is InChI=1S/C28H26ClN7O3/c1-15(2)24-22-23(33-36(24)20-14-31-28(34(3)4)32-26(20)39-5)27(38)35(19-12-18(29)10-11-21(19)37)25(22)17-8-6-16(13-30)7-9-17/h6-10,12,14-15,25H,11H2,1-5H3. The van der Waals surface area contributed by atoms with Gasteiger partial charge in [0, 0.05) is 31.1 Å². The lowest BCUT2D eigenvalue weighted by Gasteiger charge is -2.30. The lowest BCUT2D eigenvalue weighted by molar-refractivity contribution is -0.116. The number of rotatable bonds is 6. The number of hydrogen-bond acceptors (Lipinski definition) is 8. The number of aromatic nitrogens is 4. The first-order valence-electron chi connectivity index (χ1n) is 12.3. The third-order valence-corrected chi connectivity index (χ3v) is 6.92. The van der Waals surface area contributed by atoms with Crippen molar-refractivity contribution in [3.05, 3.63) is 81.4 Å². The summed E-state index contributed by atoms with van der Waals surface area (Å²) in [6.07, 6.45) is 4.85. The minimum absolute atomic E-state index is 0.0902. The second-order valence-electron chi connectivity index (χ2n) is 9.73. The molecule has 2 aliphatic rings. The van der Waals surface area contributed by atoms with Crippen molar-refractivity contribution in [2.75, 3.05) is 26.1 Å². The van der Waals surface area contributed by atoms with Crippen LogP contribution in [0.15, 0.2) is 53.3 Å². The minimum atomic E-state index is -0.669. The molecule has 198 valence electrons. The van der Waals surface area contributed by atoms with Crippen LogP contribution in [-0.2, 0) is 4.79 Å². The lowest BCUT2D eigenvalue weighted by Crippen LogP contribution is -2.34. The zero-order valence-corrected chi connectivity index (χ0v) is 22.9. The summed E-state index contributed by atoms with van der Waals surface area (Å²) in [7, 11) is 5.17. The highest BCUT2D eigenvalue weighted by atomic mass is 35.5. The predicted octanol–water partition coefficient (Wildman–Crippen LogP) is 4.26. The Morgan fingerprint density at radius 3 is 2.54 bits per heavy atom. The van der Waals surface area contributed by atoms with Crippen molar-refractivity contribution in [1.29, 1.82) is 5.26 Å². The predicted molar refractivity (Wildman–Crippen MR) is 145 cm³/mol. The van der Waals surface area contributed by atoms with Crippen LogP contribution in [0.4, 0.5) is 5.95 Å². The number of carbonyl (C=O) groups excluding carboxylic acids is 2. The van der Waals surface area contributed by atoms with E-state index in [1.165, 1.54) is 18.1 Å². The Hall–Kier alpha value is -4.49. The van der Waals surface area contributed by atoms with Gasteiger partial charge in [-0.1, -0.05) is 43.7 Å². The van der Waals surface area contributed by atoms with E-state index >= 15 is 0 Å². The summed E-state index contributed by atoms with van der Waals surface area (Å²) in [5, 5.41) is 14.5. The maximum Gasteiger partial charge on any atom is 0.280 e. The molecular formula is C28H26ClN7O3. The molecule has 1 aromatic carbocycles. The second kappa shape index (κ2) is 10.0. The lowest BCUT2D eigenvalue weighted by atomic mass is 9.93. The van der Waals surface area contributed by atoms with Crippen molar-refractivity contribution in [3.63, 3.8) is 0 Å². The smallest absolute Gasteiger partial charge is 0.280 e. The number of ketones is 1. The van der Waals surface area contributed by atoms with Gasteiger partial charge < -0.3 is 9.64 Å². The Morgan fingerprint density at radius 2 is 1.92 bits per heavy atom. The highest BCUT2D eigenvalue weighted by Crippen LogP contribution is 2.46. The van der Waals surface area contributed by atoms with Gasteiger partial charge in [-0.2, -0.15) is 15.3 Å². The zero-order chi connectivity index (χ0) is 28.0. The number of methoxy groups -OCH3 is 1. The summed E-state index contributed by atoms with van der Waals surface area (Å²) in [4.78, 5) is 39.2. The Balaban J connectivity index is 1.76. The molecule has 11 heteroatoms. The number of halogens is 1. The van der Waals surface area contributed by atoms with Gasteiger partial charge in [0.15, 0.2) is 11.5 Å². The number of nitriles is 1. The fraction of sp³-hybridized carbons (Fsp3) is 0.286. The van der Waals surface area contributed by atoms with E-state index in [0.29, 0.717) is 33.7 Å². The molecule has 0 radical (unpaired) electrons. The molecule has 0 bridgehead atoms. The van der Waals surface area contributed by atoms with Crippen molar-refractivity contribution in [2.24, 2.45) is 0 Å². The van der Waals surface area contributed by atoms with Gasteiger partial charge in [-0.15, -0.1) is 0 Å². The summed E-state index contributed by atoms with van der Waals surface area (Å²) in [6.45, 7) is 4.01. The number of Topliss-reactive ketones (excluding diaryl/α,β-unsaturated/α-hetero) is 1. The Bertz CT molecular complexity index is 1600. The molecule has 3 heterocycles. The van der Waals surface area contributed by atoms with Gasteiger partial charge in [0.25, 0.3) is 5.91 Å². The molecule has 1 atom stereocenters. The van der Waals surface area contributed by atoms with Crippen molar-refractivity contribution >= 4 is 29.2 Å². The summed E-state index contributed by atoms with van der Waals surface area (Å²) in [5.41, 5.74) is 3.53. The van der Waals surface area contributed by atoms with Crippen molar-refractivity contribution in [1.82, 2.24) is 24.6 Å². The van der Waals surface area contributed by atoms with Gasteiger partial charge in [-0.3, -0.25) is 14.5 Å². The van der Waals surface area contributed by atoms with Gasteiger partial charge in [-0.05, 0) is 29.7 Å². The molecule has 0 saturated carbocycles. The van der Waals surface area contributed by atoms with Crippen molar-refractivity contribution in [2.45, 2.75) is 32.2 Å². The van der Waals surface area contributed by atoms with Crippen LogP contribution in [0.5, 0.6) is 5.88 Å². The first-order chi connectivity index (χ1) is 18.7. The second-order valence-corrected chi connectivity index (χ2v) is 10.2. The monoisotopic (exact) mass is 543 g/mol. The summed E-state index contributed by atoms with van der Waals surface area (Å²) in [6, 6.07) is 8.42. The average molecular weight is 544 g/mol. The van der Waals surface area contributed by atoms with Gasteiger partial charge in [0.1, 0.15) is 5.69 Å². The van der Waals surface area contributed by atoms with Gasteiger partial charge >= 0.3 is 0 Å². The molecule has 1 unspecified atom stereocenters. The summed E-state index contributed by atoms with van der Waals surface area (Å²) in [5.74, 6) is 0.0399. The van der Waals surface area contributed by atoms with Crippen LogP contribution in [0.1, 0.15) is 65.1 Å². The molecule has 3 aromatic rings. The van der Waals surface area contributed by atoms with Crippen LogP contribution in [0.3, 0.4) is 0 Å². The first kappa shape index (κ1) is 26.1. The number of fused-ring (bicyclic) bond motifs is 1. The quantitative estimate of drug-likeness (QED) is 0.453. The zero-order valence-electron chi connectivity index (χ0n) is 22.1. The Kier molecular flexibility index (Phi) is 6.70. The number of benzene rings is 1. The SMILES string of the molecule is COc1nc(N(C)C)ncc1-n1nc2c(c1C(C)C)C(c1ccc(C#N)cc1)N(C1=CC(Cl)=CCC1=O)C2=O. The first-order valence-corrected chi connectivity index (χ1v) is 12.7.